The topological polar surface area (TPSA) is 74.1 Å². The second-order valence-corrected chi connectivity index (χ2v) is 4.27. The van der Waals surface area contributed by atoms with Crippen LogP contribution in [0.5, 0.6) is 17.2 Å². The third-order valence-corrected chi connectivity index (χ3v) is 3.04. The van der Waals surface area contributed by atoms with E-state index in [0.29, 0.717) is 0 Å². The molecule has 0 saturated heterocycles. The van der Waals surface area contributed by atoms with Gasteiger partial charge in [-0.1, -0.05) is 11.8 Å². The van der Waals surface area contributed by atoms with Crippen molar-refractivity contribution >= 4 is 16.9 Å². The summed E-state index contributed by atoms with van der Waals surface area (Å²) in [5, 5.41) is 22.9. The van der Waals surface area contributed by atoms with Gasteiger partial charge in [-0.2, -0.15) is 0 Å². The minimum atomic E-state index is -0.242. The number of nitrogens with zero attached hydrogens (tertiary/aromatic N) is 1. The molecule has 0 atom stereocenters. The largest absolute Gasteiger partial charge is 0.504 e. The monoisotopic (exact) mass is 240 g/mol. The molecule has 0 aliphatic carbocycles. The number of amidine groups is 1. The average molecular weight is 240 g/mol. The van der Waals surface area contributed by atoms with Crippen LogP contribution in [0.25, 0.3) is 0 Å². The third kappa shape index (κ3) is 2.16. The van der Waals surface area contributed by atoms with Gasteiger partial charge in [-0.15, -0.1) is 0 Å². The molecule has 1 aromatic rings. The van der Waals surface area contributed by atoms with E-state index in [4.69, 9.17) is 4.74 Å². The van der Waals surface area contributed by atoms with Crippen LogP contribution in [-0.4, -0.2) is 35.6 Å². The van der Waals surface area contributed by atoms with Crippen molar-refractivity contribution in [2.75, 3.05) is 20.2 Å². The van der Waals surface area contributed by atoms with Crippen molar-refractivity contribution < 1.29 is 14.9 Å². The maximum atomic E-state index is 9.48. The summed E-state index contributed by atoms with van der Waals surface area (Å²) in [6.45, 7) is 1.60. The summed E-state index contributed by atoms with van der Waals surface area (Å²) in [6.07, 6.45) is 0. The summed E-state index contributed by atoms with van der Waals surface area (Å²) in [6, 6.07) is 3.13. The number of nitrogens with one attached hydrogen (secondary N) is 1. The molecule has 2 rings (SSSR count). The van der Waals surface area contributed by atoms with E-state index < -0.39 is 0 Å². The molecule has 0 spiro atoms. The number of hydrogen-bond donors (Lipinski definition) is 3. The van der Waals surface area contributed by atoms with E-state index in [0.717, 1.165) is 23.2 Å². The molecule has 0 unspecified atom stereocenters. The molecule has 1 aliphatic heterocycles. The third-order valence-electron chi connectivity index (χ3n) is 2.11. The van der Waals surface area contributed by atoms with E-state index in [9.17, 15) is 10.2 Å². The van der Waals surface area contributed by atoms with Crippen molar-refractivity contribution in [3.63, 3.8) is 0 Å². The van der Waals surface area contributed by atoms with Crippen molar-refractivity contribution in [2.45, 2.75) is 4.90 Å². The van der Waals surface area contributed by atoms with Gasteiger partial charge in [-0.05, 0) is 12.1 Å². The SMILES string of the molecule is COc1cc(SC2=NCCN2)cc(O)c1O. The summed E-state index contributed by atoms with van der Waals surface area (Å²) >= 11 is 1.39. The van der Waals surface area contributed by atoms with Crippen LogP contribution in [0.2, 0.25) is 0 Å². The molecular weight excluding hydrogens is 228 g/mol. The van der Waals surface area contributed by atoms with Crippen molar-refractivity contribution in [1.29, 1.82) is 0 Å². The number of ether oxygens (including phenoxy) is 1. The standard InChI is InChI=1S/C10H12N2O3S/c1-15-8-5-6(4-7(13)9(8)14)16-10-11-2-3-12-10/h4-5,13-14H,2-3H2,1H3,(H,11,12). The molecule has 6 heteroatoms. The smallest absolute Gasteiger partial charge is 0.200 e. The first-order valence-corrected chi connectivity index (χ1v) is 5.58. The highest BCUT2D eigenvalue weighted by atomic mass is 32.2. The quantitative estimate of drug-likeness (QED) is 0.676. The predicted octanol–water partition coefficient (Wildman–Crippen LogP) is 1.16. The van der Waals surface area contributed by atoms with Crippen LogP contribution in [0.3, 0.4) is 0 Å². The number of aromatic hydroxyl groups is 2. The molecule has 0 aromatic heterocycles. The fraction of sp³-hybridized carbons (Fsp3) is 0.300. The van der Waals surface area contributed by atoms with Gasteiger partial charge in [-0.25, -0.2) is 0 Å². The lowest BCUT2D eigenvalue weighted by Gasteiger charge is -2.08. The van der Waals surface area contributed by atoms with Gasteiger partial charge >= 0.3 is 0 Å². The Hall–Kier alpha value is -1.56. The maximum absolute atomic E-state index is 9.48. The Kier molecular flexibility index (Phi) is 3.09. The highest BCUT2D eigenvalue weighted by Crippen LogP contribution is 2.39. The molecule has 3 N–H and O–H groups in total. The summed E-state index contributed by atoms with van der Waals surface area (Å²) in [4.78, 5) is 4.99. The van der Waals surface area contributed by atoms with E-state index >= 15 is 0 Å². The number of thioether (sulfide) groups is 1. The summed E-state index contributed by atoms with van der Waals surface area (Å²) < 4.78 is 4.95. The highest BCUT2D eigenvalue weighted by molar-refractivity contribution is 8.13. The molecule has 0 bridgehead atoms. The van der Waals surface area contributed by atoms with Crippen LogP contribution in [0.4, 0.5) is 0 Å². The number of methoxy groups -OCH3 is 1. The molecule has 1 aromatic carbocycles. The van der Waals surface area contributed by atoms with Crippen LogP contribution >= 0.6 is 11.8 Å². The molecule has 0 radical (unpaired) electrons. The van der Waals surface area contributed by atoms with E-state index in [1.807, 2.05) is 0 Å². The lowest BCUT2D eigenvalue weighted by Crippen LogP contribution is -2.14. The van der Waals surface area contributed by atoms with Crippen LogP contribution in [0.15, 0.2) is 22.0 Å². The lowest BCUT2D eigenvalue weighted by molar-refractivity contribution is 0.349. The van der Waals surface area contributed by atoms with Gasteiger partial charge in [0.25, 0.3) is 0 Å². The van der Waals surface area contributed by atoms with Crippen molar-refractivity contribution in [3.05, 3.63) is 12.1 Å². The van der Waals surface area contributed by atoms with Gasteiger partial charge in [0.15, 0.2) is 16.7 Å². The van der Waals surface area contributed by atoms with Gasteiger partial charge in [0.05, 0.1) is 13.7 Å². The first-order chi connectivity index (χ1) is 7.70. The second-order valence-electron chi connectivity index (χ2n) is 3.21. The molecule has 5 nitrogen and oxygen atoms in total. The van der Waals surface area contributed by atoms with Crippen LogP contribution < -0.4 is 10.1 Å². The Morgan fingerprint density at radius 3 is 2.88 bits per heavy atom. The van der Waals surface area contributed by atoms with Crippen molar-refractivity contribution in [2.24, 2.45) is 4.99 Å². The number of phenolic OH excluding ortho intramolecular Hbond substituents is 2. The zero-order chi connectivity index (χ0) is 11.5. The molecule has 0 amide bonds. The molecule has 16 heavy (non-hydrogen) atoms. The van der Waals surface area contributed by atoms with E-state index in [1.165, 1.54) is 24.9 Å². The Bertz CT molecular complexity index is 434. The fourth-order valence-corrected chi connectivity index (χ4v) is 2.23. The van der Waals surface area contributed by atoms with Gasteiger partial charge < -0.3 is 20.3 Å². The average Bonchev–Trinajstić information content (AvgIpc) is 2.76. The summed E-state index contributed by atoms with van der Waals surface area (Å²) in [7, 11) is 1.44. The number of aliphatic imine (C=N–C) groups is 1. The summed E-state index contributed by atoms with van der Waals surface area (Å²) in [5.74, 6) is -0.185. The van der Waals surface area contributed by atoms with Gasteiger partial charge in [-0.3, -0.25) is 4.99 Å². The normalized spacial score (nSPS) is 14.4. The van der Waals surface area contributed by atoms with Gasteiger partial charge in [0, 0.05) is 11.4 Å². The highest BCUT2D eigenvalue weighted by Gasteiger charge is 2.13. The van der Waals surface area contributed by atoms with Crippen LogP contribution in [0, 0.1) is 0 Å². The van der Waals surface area contributed by atoms with Crippen molar-refractivity contribution in [3.8, 4) is 17.2 Å². The maximum Gasteiger partial charge on any atom is 0.200 e. The molecular formula is C10H12N2O3S. The number of phenols is 2. The van der Waals surface area contributed by atoms with E-state index in [1.54, 1.807) is 6.07 Å². The van der Waals surface area contributed by atoms with Gasteiger partial charge in [0.1, 0.15) is 0 Å². The van der Waals surface area contributed by atoms with Crippen LogP contribution in [0.1, 0.15) is 0 Å². The molecule has 1 aliphatic rings. The zero-order valence-corrected chi connectivity index (χ0v) is 9.54. The lowest BCUT2D eigenvalue weighted by atomic mass is 10.3. The second kappa shape index (κ2) is 4.52. The van der Waals surface area contributed by atoms with Gasteiger partial charge in [0.2, 0.25) is 5.75 Å². The predicted molar refractivity (Wildman–Crippen MR) is 62.5 cm³/mol. The Labute approximate surface area is 97.2 Å². The molecule has 0 saturated carbocycles. The molecule has 86 valence electrons. The molecule has 1 heterocycles. The number of hydrogen-bond acceptors (Lipinski definition) is 6. The minimum Gasteiger partial charge on any atom is -0.504 e. The molecule has 0 fully saturated rings. The summed E-state index contributed by atoms with van der Waals surface area (Å²) in [5.41, 5.74) is 0. The Balaban J connectivity index is 2.24. The first-order valence-electron chi connectivity index (χ1n) is 4.77. The van der Waals surface area contributed by atoms with Crippen LogP contribution in [-0.2, 0) is 0 Å². The minimum absolute atomic E-state index is 0.194. The fourth-order valence-electron chi connectivity index (χ4n) is 1.34. The van der Waals surface area contributed by atoms with Crippen molar-refractivity contribution in [1.82, 2.24) is 5.32 Å². The van der Waals surface area contributed by atoms with E-state index in [2.05, 4.69) is 10.3 Å². The van der Waals surface area contributed by atoms with E-state index in [-0.39, 0.29) is 17.2 Å². The number of benzene rings is 1. The Morgan fingerprint density at radius 2 is 2.25 bits per heavy atom. The zero-order valence-electron chi connectivity index (χ0n) is 8.73. The first kappa shape index (κ1) is 10.9. The number of rotatable bonds is 2. The Morgan fingerprint density at radius 1 is 1.44 bits per heavy atom.